The van der Waals surface area contributed by atoms with Gasteiger partial charge in [0.25, 0.3) is 0 Å². The van der Waals surface area contributed by atoms with Gasteiger partial charge in [-0.05, 0) is 31.0 Å². The molecule has 14 heavy (non-hydrogen) atoms. The minimum Gasteiger partial charge on any atom is -0.481 e. The number of pyridine rings is 1. The summed E-state index contributed by atoms with van der Waals surface area (Å²) in [6.45, 7) is 1.95. The highest BCUT2D eigenvalue weighted by atomic mass is 16.4. The smallest absolute Gasteiger partial charge is 0.303 e. The number of nitrogens with two attached hydrogens (primary N) is 1. The maximum atomic E-state index is 10.3. The van der Waals surface area contributed by atoms with E-state index >= 15 is 0 Å². The highest BCUT2D eigenvalue weighted by Crippen LogP contribution is 2.13. The summed E-state index contributed by atoms with van der Waals surface area (Å²) in [7, 11) is 0. The predicted octanol–water partition coefficient (Wildman–Crippen LogP) is 1.25. The lowest BCUT2D eigenvalue weighted by Gasteiger charge is -2.09. The molecule has 4 heteroatoms. The van der Waals surface area contributed by atoms with Gasteiger partial charge in [0.2, 0.25) is 0 Å². The van der Waals surface area contributed by atoms with Crippen LogP contribution in [-0.2, 0) is 4.79 Å². The van der Waals surface area contributed by atoms with Gasteiger partial charge in [-0.25, -0.2) is 0 Å². The fourth-order valence-electron chi connectivity index (χ4n) is 1.19. The van der Waals surface area contributed by atoms with Crippen LogP contribution in [0.15, 0.2) is 18.3 Å². The van der Waals surface area contributed by atoms with E-state index in [9.17, 15) is 4.79 Å². The lowest BCUT2D eigenvalue weighted by molar-refractivity contribution is -0.137. The Morgan fingerprint density at radius 3 is 3.00 bits per heavy atom. The van der Waals surface area contributed by atoms with Gasteiger partial charge in [-0.1, -0.05) is 0 Å². The van der Waals surface area contributed by atoms with E-state index in [2.05, 4.69) is 4.98 Å². The van der Waals surface area contributed by atoms with Gasteiger partial charge in [-0.15, -0.1) is 0 Å². The van der Waals surface area contributed by atoms with Crippen molar-refractivity contribution in [3.8, 4) is 0 Å². The number of aliphatic carboxylic acids is 1. The van der Waals surface area contributed by atoms with Gasteiger partial charge < -0.3 is 10.8 Å². The molecule has 0 aliphatic rings. The molecule has 1 rings (SSSR count). The molecule has 76 valence electrons. The normalized spacial score (nSPS) is 12.4. The third kappa shape index (κ3) is 3.14. The Kier molecular flexibility index (Phi) is 3.59. The van der Waals surface area contributed by atoms with Crippen molar-refractivity contribution in [2.75, 3.05) is 0 Å². The molecule has 0 saturated heterocycles. The Bertz CT molecular complexity index is 326. The van der Waals surface area contributed by atoms with Crippen LogP contribution >= 0.6 is 0 Å². The summed E-state index contributed by atoms with van der Waals surface area (Å²) >= 11 is 0. The molecule has 0 saturated carbocycles. The van der Waals surface area contributed by atoms with Crippen LogP contribution in [0.5, 0.6) is 0 Å². The molecule has 0 amide bonds. The Labute approximate surface area is 82.8 Å². The maximum Gasteiger partial charge on any atom is 0.303 e. The van der Waals surface area contributed by atoms with Crippen molar-refractivity contribution in [1.82, 2.24) is 4.98 Å². The zero-order valence-corrected chi connectivity index (χ0v) is 8.10. The first-order valence-corrected chi connectivity index (χ1v) is 4.49. The van der Waals surface area contributed by atoms with Crippen molar-refractivity contribution < 1.29 is 9.90 Å². The Hall–Kier alpha value is -1.42. The van der Waals surface area contributed by atoms with E-state index in [0.29, 0.717) is 6.42 Å². The van der Waals surface area contributed by atoms with Gasteiger partial charge in [0.1, 0.15) is 0 Å². The van der Waals surface area contributed by atoms with Crippen molar-refractivity contribution in [3.05, 3.63) is 29.6 Å². The van der Waals surface area contributed by atoms with Crippen LogP contribution in [-0.4, -0.2) is 16.1 Å². The number of hydrogen-bond donors (Lipinski definition) is 2. The second-order valence-corrected chi connectivity index (χ2v) is 3.30. The van der Waals surface area contributed by atoms with E-state index in [1.807, 2.05) is 19.1 Å². The van der Waals surface area contributed by atoms with Crippen LogP contribution in [0.3, 0.4) is 0 Å². The highest BCUT2D eigenvalue weighted by Gasteiger charge is 2.09. The number of aromatic nitrogens is 1. The second kappa shape index (κ2) is 4.72. The summed E-state index contributed by atoms with van der Waals surface area (Å²) in [5, 5.41) is 8.49. The fourth-order valence-corrected chi connectivity index (χ4v) is 1.19. The lowest BCUT2D eigenvalue weighted by atomic mass is 10.1. The largest absolute Gasteiger partial charge is 0.481 e. The zero-order chi connectivity index (χ0) is 10.6. The standard InChI is InChI=1S/C10H14N2O2/c1-7-4-5-12-9(6-7)8(11)2-3-10(13)14/h4-6,8H,2-3,11H2,1H3,(H,13,14)/t8-/m1/s1. The summed E-state index contributed by atoms with van der Waals surface area (Å²) in [5.41, 5.74) is 7.63. The van der Waals surface area contributed by atoms with E-state index < -0.39 is 5.97 Å². The molecule has 1 atom stereocenters. The zero-order valence-electron chi connectivity index (χ0n) is 8.10. The number of carboxylic acids is 1. The molecule has 0 aliphatic heterocycles. The van der Waals surface area contributed by atoms with Crippen LogP contribution < -0.4 is 5.73 Å². The van der Waals surface area contributed by atoms with Crippen molar-refractivity contribution in [1.29, 1.82) is 0 Å². The molecule has 1 aromatic heterocycles. The van der Waals surface area contributed by atoms with E-state index in [1.54, 1.807) is 6.20 Å². The van der Waals surface area contributed by atoms with Crippen molar-refractivity contribution in [2.24, 2.45) is 5.73 Å². The van der Waals surface area contributed by atoms with Gasteiger partial charge in [0.15, 0.2) is 0 Å². The topological polar surface area (TPSA) is 76.2 Å². The Morgan fingerprint density at radius 1 is 1.71 bits per heavy atom. The van der Waals surface area contributed by atoms with E-state index in [4.69, 9.17) is 10.8 Å². The molecule has 0 radical (unpaired) electrons. The van der Waals surface area contributed by atoms with E-state index in [0.717, 1.165) is 11.3 Å². The maximum absolute atomic E-state index is 10.3. The number of carbonyl (C=O) groups is 1. The van der Waals surface area contributed by atoms with Crippen molar-refractivity contribution in [3.63, 3.8) is 0 Å². The van der Waals surface area contributed by atoms with E-state index in [1.165, 1.54) is 0 Å². The molecule has 1 heterocycles. The molecular weight excluding hydrogens is 180 g/mol. The molecule has 0 aliphatic carbocycles. The summed E-state index contributed by atoms with van der Waals surface area (Å²) in [6, 6.07) is 3.48. The molecule has 0 aromatic carbocycles. The first kappa shape index (κ1) is 10.7. The van der Waals surface area contributed by atoms with Crippen LogP contribution in [0.2, 0.25) is 0 Å². The van der Waals surface area contributed by atoms with E-state index in [-0.39, 0.29) is 12.5 Å². The first-order chi connectivity index (χ1) is 6.59. The molecule has 0 fully saturated rings. The fraction of sp³-hybridized carbons (Fsp3) is 0.400. The van der Waals surface area contributed by atoms with Crippen molar-refractivity contribution in [2.45, 2.75) is 25.8 Å². The third-order valence-corrected chi connectivity index (χ3v) is 1.99. The van der Waals surface area contributed by atoms with Crippen LogP contribution in [0.25, 0.3) is 0 Å². The molecule has 0 unspecified atom stereocenters. The lowest BCUT2D eigenvalue weighted by Crippen LogP contribution is -2.13. The highest BCUT2D eigenvalue weighted by molar-refractivity contribution is 5.66. The van der Waals surface area contributed by atoms with Gasteiger partial charge >= 0.3 is 5.97 Å². The average molecular weight is 194 g/mol. The van der Waals surface area contributed by atoms with Gasteiger partial charge in [0.05, 0.1) is 5.69 Å². The number of hydrogen-bond acceptors (Lipinski definition) is 3. The van der Waals surface area contributed by atoms with Crippen LogP contribution in [0.4, 0.5) is 0 Å². The van der Waals surface area contributed by atoms with Crippen LogP contribution in [0, 0.1) is 6.92 Å². The summed E-state index contributed by atoms with van der Waals surface area (Å²) in [6.07, 6.45) is 2.19. The first-order valence-electron chi connectivity index (χ1n) is 4.49. The number of carboxylic acid groups (broad SMARTS) is 1. The minimum absolute atomic E-state index is 0.0801. The quantitative estimate of drug-likeness (QED) is 0.756. The molecule has 1 aromatic rings. The number of aryl methyl sites for hydroxylation is 1. The Morgan fingerprint density at radius 2 is 2.43 bits per heavy atom. The molecular formula is C10H14N2O2. The monoisotopic (exact) mass is 194 g/mol. The molecule has 3 N–H and O–H groups in total. The average Bonchev–Trinajstić information content (AvgIpc) is 2.14. The van der Waals surface area contributed by atoms with Crippen molar-refractivity contribution >= 4 is 5.97 Å². The Balaban J connectivity index is 2.60. The SMILES string of the molecule is Cc1ccnc([C@H](N)CCC(=O)O)c1. The number of rotatable bonds is 4. The van der Waals surface area contributed by atoms with Gasteiger partial charge in [0, 0.05) is 18.7 Å². The minimum atomic E-state index is -0.826. The molecule has 0 bridgehead atoms. The third-order valence-electron chi connectivity index (χ3n) is 1.99. The molecule has 0 spiro atoms. The van der Waals surface area contributed by atoms with Crippen LogP contribution in [0.1, 0.15) is 30.1 Å². The summed E-state index contributed by atoms with van der Waals surface area (Å²) in [4.78, 5) is 14.4. The summed E-state index contributed by atoms with van der Waals surface area (Å²) < 4.78 is 0. The molecule has 4 nitrogen and oxygen atoms in total. The van der Waals surface area contributed by atoms with Gasteiger partial charge in [-0.3, -0.25) is 9.78 Å². The number of nitrogens with zero attached hydrogens (tertiary/aromatic N) is 1. The summed E-state index contributed by atoms with van der Waals surface area (Å²) in [5.74, 6) is -0.826. The van der Waals surface area contributed by atoms with Gasteiger partial charge in [-0.2, -0.15) is 0 Å². The second-order valence-electron chi connectivity index (χ2n) is 3.30. The predicted molar refractivity (Wildman–Crippen MR) is 52.8 cm³/mol.